The van der Waals surface area contributed by atoms with Crippen molar-refractivity contribution in [2.75, 3.05) is 0 Å². The molecule has 1 unspecified atom stereocenters. The van der Waals surface area contributed by atoms with Crippen LogP contribution in [0.4, 0.5) is 4.39 Å². The molecule has 0 aliphatic rings. The molecule has 0 amide bonds. The lowest BCUT2D eigenvalue weighted by Gasteiger charge is -2.13. The van der Waals surface area contributed by atoms with Crippen LogP contribution in [0.1, 0.15) is 23.6 Å². The van der Waals surface area contributed by atoms with Gasteiger partial charge in [0, 0.05) is 6.04 Å². The largest absolute Gasteiger partial charge is 0.324 e. The number of aryl methyl sites for hydroxylation is 1. The molecule has 0 aliphatic heterocycles. The van der Waals surface area contributed by atoms with Crippen LogP contribution in [-0.4, -0.2) is 0 Å². The van der Waals surface area contributed by atoms with Crippen LogP contribution in [0.5, 0.6) is 0 Å². The molecule has 1 nitrogen and oxygen atoms in total. The fourth-order valence-corrected chi connectivity index (χ4v) is 2.23. The lowest BCUT2D eigenvalue weighted by atomic mass is 9.99. The summed E-state index contributed by atoms with van der Waals surface area (Å²) in [6, 6.07) is 11.9. The van der Waals surface area contributed by atoms with Crippen molar-refractivity contribution in [1.82, 2.24) is 0 Å². The van der Waals surface area contributed by atoms with E-state index in [0.717, 1.165) is 5.56 Å². The van der Waals surface area contributed by atoms with Crippen LogP contribution < -0.4 is 5.73 Å². The number of nitrogens with two attached hydrogens (primary N) is 1. The van der Waals surface area contributed by atoms with Gasteiger partial charge in [-0.15, -0.1) is 0 Å². The summed E-state index contributed by atoms with van der Waals surface area (Å²) in [5.41, 5.74) is 7.67. The van der Waals surface area contributed by atoms with Gasteiger partial charge in [-0.2, -0.15) is 0 Å². The molecule has 0 fully saturated rings. The van der Waals surface area contributed by atoms with Crippen molar-refractivity contribution in [2.45, 2.75) is 18.9 Å². The van der Waals surface area contributed by atoms with E-state index in [-0.39, 0.29) is 11.9 Å². The molecule has 0 saturated carbocycles. The van der Waals surface area contributed by atoms with Crippen LogP contribution in [0.2, 0.25) is 10.0 Å². The van der Waals surface area contributed by atoms with Gasteiger partial charge in [-0.1, -0.05) is 47.5 Å². The minimum Gasteiger partial charge on any atom is -0.324 e. The van der Waals surface area contributed by atoms with Crippen LogP contribution in [0.3, 0.4) is 0 Å². The third kappa shape index (κ3) is 3.69. The molecule has 19 heavy (non-hydrogen) atoms. The molecular formula is C15H14Cl2FN. The molecule has 2 aromatic rings. The van der Waals surface area contributed by atoms with E-state index in [1.807, 2.05) is 12.1 Å². The molecule has 0 saturated heterocycles. The summed E-state index contributed by atoms with van der Waals surface area (Å²) >= 11 is 11.8. The first-order valence-corrected chi connectivity index (χ1v) is 6.77. The van der Waals surface area contributed by atoms with Crippen LogP contribution in [-0.2, 0) is 6.42 Å². The van der Waals surface area contributed by atoms with Gasteiger partial charge >= 0.3 is 0 Å². The number of hydrogen-bond donors (Lipinski definition) is 1. The normalized spacial score (nSPS) is 12.4. The van der Waals surface area contributed by atoms with Crippen molar-refractivity contribution in [1.29, 1.82) is 0 Å². The molecule has 2 N–H and O–H groups in total. The summed E-state index contributed by atoms with van der Waals surface area (Å²) in [4.78, 5) is 0. The Morgan fingerprint density at radius 1 is 1.05 bits per heavy atom. The molecule has 4 heteroatoms. The van der Waals surface area contributed by atoms with E-state index in [0.29, 0.717) is 28.5 Å². The van der Waals surface area contributed by atoms with Gasteiger partial charge in [0.25, 0.3) is 0 Å². The van der Waals surface area contributed by atoms with E-state index in [1.54, 1.807) is 24.3 Å². The van der Waals surface area contributed by atoms with E-state index in [9.17, 15) is 4.39 Å². The SMILES string of the molecule is NC(CCc1ccccc1F)c1ccc(Cl)c(Cl)c1. The topological polar surface area (TPSA) is 26.0 Å². The van der Waals surface area contributed by atoms with Crippen molar-refractivity contribution >= 4 is 23.2 Å². The lowest BCUT2D eigenvalue weighted by molar-refractivity contribution is 0.586. The molecule has 0 aromatic heterocycles. The summed E-state index contributed by atoms with van der Waals surface area (Å²) < 4.78 is 13.5. The van der Waals surface area contributed by atoms with Crippen molar-refractivity contribution in [3.63, 3.8) is 0 Å². The van der Waals surface area contributed by atoms with Gasteiger partial charge in [-0.25, -0.2) is 4.39 Å². The van der Waals surface area contributed by atoms with E-state index < -0.39 is 0 Å². The van der Waals surface area contributed by atoms with Gasteiger partial charge in [0.05, 0.1) is 10.0 Å². The van der Waals surface area contributed by atoms with Gasteiger partial charge in [-0.3, -0.25) is 0 Å². The van der Waals surface area contributed by atoms with Crippen molar-refractivity contribution in [2.24, 2.45) is 5.73 Å². The first-order valence-electron chi connectivity index (χ1n) is 6.02. The summed E-state index contributed by atoms with van der Waals surface area (Å²) in [6.07, 6.45) is 1.24. The molecular weight excluding hydrogens is 284 g/mol. The van der Waals surface area contributed by atoms with E-state index in [4.69, 9.17) is 28.9 Å². The van der Waals surface area contributed by atoms with Crippen molar-refractivity contribution in [3.05, 3.63) is 69.5 Å². The van der Waals surface area contributed by atoms with E-state index in [2.05, 4.69) is 0 Å². The standard InChI is InChI=1S/C15H14Cl2FN/c16-12-7-5-11(9-13(12)17)15(19)8-6-10-3-1-2-4-14(10)18/h1-5,7,9,15H,6,8,19H2. The molecule has 0 heterocycles. The first-order chi connectivity index (χ1) is 9.08. The quantitative estimate of drug-likeness (QED) is 0.865. The Hall–Kier alpha value is -1.09. The fourth-order valence-electron chi connectivity index (χ4n) is 1.92. The maximum absolute atomic E-state index is 13.5. The zero-order valence-electron chi connectivity index (χ0n) is 10.2. The number of hydrogen-bond acceptors (Lipinski definition) is 1. The second kappa shape index (κ2) is 6.38. The van der Waals surface area contributed by atoms with Crippen LogP contribution >= 0.6 is 23.2 Å². The van der Waals surface area contributed by atoms with E-state index >= 15 is 0 Å². The molecule has 2 rings (SSSR count). The zero-order chi connectivity index (χ0) is 13.8. The summed E-state index contributed by atoms with van der Waals surface area (Å²) in [5, 5.41) is 0.993. The Kier molecular flexibility index (Phi) is 4.81. The Morgan fingerprint density at radius 3 is 2.47 bits per heavy atom. The minimum atomic E-state index is -0.191. The summed E-state index contributed by atoms with van der Waals surface area (Å²) in [7, 11) is 0. The first kappa shape index (κ1) is 14.3. The lowest BCUT2D eigenvalue weighted by Crippen LogP contribution is -2.11. The molecule has 0 radical (unpaired) electrons. The highest BCUT2D eigenvalue weighted by molar-refractivity contribution is 6.42. The Morgan fingerprint density at radius 2 is 1.79 bits per heavy atom. The maximum Gasteiger partial charge on any atom is 0.126 e. The summed E-state index contributed by atoms with van der Waals surface area (Å²) in [6.45, 7) is 0. The van der Waals surface area contributed by atoms with Gasteiger partial charge in [0.1, 0.15) is 5.82 Å². The number of halogens is 3. The van der Waals surface area contributed by atoms with Crippen LogP contribution in [0.25, 0.3) is 0 Å². The number of benzene rings is 2. The third-order valence-electron chi connectivity index (χ3n) is 3.05. The van der Waals surface area contributed by atoms with Crippen LogP contribution in [0, 0.1) is 5.82 Å². The Bertz CT molecular complexity index is 572. The van der Waals surface area contributed by atoms with Crippen molar-refractivity contribution < 1.29 is 4.39 Å². The predicted octanol–water partition coefficient (Wildman–Crippen LogP) is 4.77. The van der Waals surface area contributed by atoms with Gasteiger partial charge < -0.3 is 5.73 Å². The predicted molar refractivity (Wildman–Crippen MR) is 78.1 cm³/mol. The van der Waals surface area contributed by atoms with Gasteiger partial charge in [-0.05, 0) is 42.2 Å². The Balaban J connectivity index is 2.03. The van der Waals surface area contributed by atoms with E-state index in [1.165, 1.54) is 6.07 Å². The summed E-state index contributed by atoms with van der Waals surface area (Å²) in [5.74, 6) is -0.191. The van der Waals surface area contributed by atoms with Gasteiger partial charge in [0.15, 0.2) is 0 Å². The molecule has 0 aliphatic carbocycles. The Labute approximate surface area is 122 Å². The zero-order valence-corrected chi connectivity index (χ0v) is 11.8. The average molecular weight is 298 g/mol. The highest BCUT2D eigenvalue weighted by Gasteiger charge is 2.10. The van der Waals surface area contributed by atoms with Crippen LogP contribution in [0.15, 0.2) is 42.5 Å². The molecule has 0 bridgehead atoms. The number of rotatable bonds is 4. The highest BCUT2D eigenvalue weighted by atomic mass is 35.5. The minimum absolute atomic E-state index is 0.186. The second-order valence-electron chi connectivity index (χ2n) is 4.41. The second-order valence-corrected chi connectivity index (χ2v) is 5.22. The maximum atomic E-state index is 13.5. The average Bonchev–Trinajstić information content (AvgIpc) is 2.40. The molecule has 2 aromatic carbocycles. The smallest absolute Gasteiger partial charge is 0.126 e. The molecule has 0 spiro atoms. The monoisotopic (exact) mass is 297 g/mol. The van der Waals surface area contributed by atoms with Gasteiger partial charge in [0.2, 0.25) is 0 Å². The highest BCUT2D eigenvalue weighted by Crippen LogP contribution is 2.26. The molecule has 1 atom stereocenters. The third-order valence-corrected chi connectivity index (χ3v) is 3.79. The fraction of sp³-hybridized carbons (Fsp3) is 0.200. The molecule has 100 valence electrons. The van der Waals surface area contributed by atoms with Crippen molar-refractivity contribution in [3.8, 4) is 0 Å².